The smallest absolute Gasteiger partial charge is 0.416 e. The molecule has 1 aliphatic heterocycles. The molecule has 1 heterocycles. The summed E-state index contributed by atoms with van der Waals surface area (Å²) in [5.41, 5.74) is 6.31. The Morgan fingerprint density at radius 3 is 2.42 bits per heavy atom. The zero-order valence-electron chi connectivity index (χ0n) is 28.0. The van der Waals surface area contributed by atoms with Crippen LogP contribution < -0.4 is 15.8 Å². The third kappa shape index (κ3) is 9.19. The van der Waals surface area contributed by atoms with E-state index in [1.54, 1.807) is 53.4 Å². The van der Waals surface area contributed by atoms with Crippen LogP contribution in [-0.4, -0.2) is 52.6 Å². The zero-order chi connectivity index (χ0) is 37.9. The first-order chi connectivity index (χ1) is 25.3. The van der Waals surface area contributed by atoms with Gasteiger partial charge in [0.2, 0.25) is 17.7 Å². The summed E-state index contributed by atoms with van der Waals surface area (Å²) in [6.07, 6.45) is -0.716. The van der Waals surface area contributed by atoms with Gasteiger partial charge in [-0.1, -0.05) is 59.6 Å². The number of alkyl halides is 3. The van der Waals surface area contributed by atoms with Crippen molar-refractivity contribution >= 4 is 58.6 Å². The molecule has 3 N–H and O–H groups in total. The topological polar surface area (TPSA) is 122 Å². The fourth-order valence-electron chi connectivity index (χ4n) is 6.25. The molecular weight excluding hydrogens is 732 g/mol. The summed E-state index contributed by atoms with van der Waals surface area (Å²) in [5.74, 6) is -1.11. The molecule has 274 valence electrons. The Hall–Kier alpha value is -5.33. The van der Waals surface area contributed by atoms with Crippen LogP contribution in [0.4, 0.5) is 18.9 Å². The predicted molar refractivity (Wildman–Crippen MR) is 195 cm³/mol. The first kappa shape index (κ1) is 37.4. The first-order valence-corrected chi connectivity index (χ1v) is 17.4. The van der Waals surface area contributed by atoms with Gasteiger partial charge in [-0.25, -0.2) is 0 Å². The molecule has 1 saturated carbocycles. The van der Waals surface area contributed by atoms with Gasteiger partial charge < -0.3 is 25.6 Å². The number of rotatable bonds is 12. The summed E-state index contributed by atoms with van der Waals surface area (Å²) in [7, 11) is 0. The van der Waals surface area contributed by atoms with Gasteiger partial charge in [0, 0.05) is 42.4 Å². The molecule has 0 saturated heterocycles. The van der Waals surface area contributed by atoms with Gasteiger partial charge in [0.25, 0.3) is 5.91 Å². The molecule has 14 heteroatoms. The Morgan fingerprint density at radius 2 is 1.70 bits per heavy atom. The molecule has 2 aliphatic rings. The minimum absolute atomic E-state index is 0.0135. The van der Waals surface area contributed by atoms with Crippen LogP contribution >= 0.6 is 23.2 Å². The third-order valence-corrected chi connectivity index (χ3v) is 9.65. The van der Waals surface area contributed by atoms with Crippen LogP contribution in [0.15, 0.2) is 91.0 Å². The second-order valence-corrected chi connectivity index (χ2v) is 13.5. The number of fused-ring (bicyclic) bond motifs is 1. The Labute approximate surface area is 313 Å². The zero-order valence-corrected chi connectivity index (χ0v) is 29.5. The van der Waals surface area contributed by atoms with E-state index in [-0.39, 0.29) is 48.3 Å². The number of nitrogens with zero attached hydrogens (tertiary/aromatic N) is 2. The van der Waals surface area contributed by atoms with Gasteiger partial charge >= 0.3 is 6.18 Å². The molecule has 53 heavy (non-hydrogen) atoms. The number of carbonyl (C=O) groups excluding carboxylic acids is 4. The molecule has 1 atom stereocenters. The number of benzene rings is 4. The number of nitrogens with one attached hydrogen (secondary N) is 1. The van der Waals surface area contributed by atoms with Crippen molar-refractivity contribution in [2.75, 3.05) is 18.4 Å². The van der Waals surface area contributed by atoms with E-state index in [0.717, 1.165) is 36.6 Å². The number of hydrogen-bond donors (Lipinski definition) is 2. The van der Waals surface area contributed by atoms with Crippen molar-refractivity contribution in [1.82, 2.24) is 9.80 Å². The first-order valence-electron chi connectivity index (χ1n) is 16.7. The minimum Gasteiger partial charge on any atom is -0.457 e. The standard InChI is InChI=1S/C39H33Cl2F3N4O5/c40-32-14-13-29(21-33(32)41)53-28-6-3-5-25(18-28)34-19-24-8-10-26(46-36(50)15-9-23-4-1-2-7-31(23)39(42,43)44)20-30(24)38(52)47(34)17-16-37(51)48(22-35(45)49)27-11-12-27/h1-10,13-15,18,20-21,27,34H,11-12,16-17,19,22H2,(H2,45,49)(H,46,50)/b15-9-. The average Bonchev–Trinajstić information content (AvgIpc) is 3.96. The van der Waals surface area contributed by atoms with E-state index in [4.69, 9.17) is 33.7 Å². The van der Waals surface area contributed by atoms with Crippen molar-refractivity contribution in [1.29, 1.82) is 0 Å². The minimum atomic E-state index is -4.60. The predicted octanol–water partition coefficient (Wildman–Crippen LogP) is 8.06. The van der Waals surface area contributed by atoms with Crippen molar-refractivity contribution in [2.24, 2.45) is 5.73 Å². The molecule has 1 fully saturated rings. The summed E-state index contributed by atoms with van der Waals surface area (Å²) in [6, 6.07) is 21.2. The number of hydrogen-bond acceptors (Lipinski definition) is 5. The number of halogens is 5. The van der Waals surface area contributed by atoms with E-state index in [9.17, 15) is 32.3 Å². The Bertz CT molecular complexity index is 2100. The maximum atomic E-state index is 14.3. The number of nitrogens with two attached hydrogens (primary N) is 1. The van der Waals surface area contributed by atoms with Gasteiger partial charge in [-0.3, -0.25) is 19.2 Å². The van der Waals surface area contributed by atoms with E-state index in [2.05, 4.69) is 5.32 Å². The molecule has 1 aliphatic carbocycles. The molecule has 1 unspecified atom stereocenters. The number of amides is 4. The fourth-order valence-corrected chi connectivity index (χ4v) is 6.54. The molecule has 0 bridgehead atoms. The maximum absolute atomic E-state index is 14.3. The highest BCUT2D eigenvalue weighted by atomic mass is 35.5. The largest absolute Gasteiger partial charge is 0.457 e. The van der Waals surface area contributed by atoms with Crippen LogP contribution in [0.3, 0.4) is 0 Å². The van der Waals surface area contributed by atoms with Crippen LogP contribution in [0.25, 0.3) is 6.08 Å². The Kier molecular flexibility index (Phi) is 11.1. The Morgan fingerprint density at radius 1 is 0.943 bits per heavy atom. The third-order valence-electron chi connectivity index (χ3n) is 8.91. The second kappa shape index (κ2) is 15.7. The molecular formula is C39H33Cl2F3N4O5. The highest BCUT2D eigenvalue weighted by molar-refractivity contribution is 6.42. The van der Waals surface area contributed by atoms with Crippen LogP contribution in [0.1, 0.15) is 57.9 Å². The highest BCUT2D eigenvalue weighted by Gasteiger charge is 2.37. The van der Waals surface area contributed by atoms with Gasteiger partial charge in [0.05, 0.1) is 28.2 Å². The maximum Gasteiger partial charge on any atom is 0.416 e. The van der Waals surface area contributed by atoms with Crippen LogP contribution in [-0.2, 0) is 27.0 Å². The molecule has 4 aromatic carbocycles. The van der Waals surface area contributed by atoms with Crippen molar-refractivity contribution in [2.45, 2.75) is 43.9 Å². The number of anilines is 1. The monoisotopic (exact) mass is 764 g/mol. The molecule has 0 aromatic heterocycles. The summed E-state index contributed by atoms with van der Waals surface area (Å²) >= 11 is 12.2. The molecule has 6 rings (SSSR count). The molecule has 4 aromatic rings. The van der Waals surface area contributed by atoms with E-state index in [1.807, 2.05) is 6.07 Å². The summed E-state index contributed by atoms with van der Waals surface area (Å²) in [6.45, 7) is -0.198. The number of primary amides is 1. The number of ether oxygens (including phenoxy) is 1. The van der Waals surface area contributed by atoms with E-state index in [0.29, 0.717) is 33.5 Å². The molecule has 4 amide bonds. The summed E-state index contributed by atoms with van der Waals surface area (Å²) in [4.78, 5) is 55.2. The van der Waals surface area contributed by atoms with Gasteiger partial charge in [-0.05, 0) is 84.5 Å². The SMILES string of the molecule is NC(=O)CN(C(=O)CCN1C(=O)c2cc(NC(=O)/C=C\c3ccccc3C(F)(F)F)ccc2CC1c1cccc(Oc2ccc(Cl)c(Cl)c2)c1)C1CC1. The Balaban J connectivity index is 1.26. The fraction of sp³-hybridized carbons (Fsp3) is 0.231. The highest BCUT2D eigenvalue weighted by Crippen LogP contribution is 2.38. The lowest BCUT2D eigenvalue weighted by Crippen LogP contribution is -2.44. The van der Waals surface area contributed by atoms with E-state index < -0.39 is 35.5 Å². The van der Waals surface area contributed by atoms with Crippen molar-refractivity contribution in [3.05, 3.63) is 129 Å². The van der Waals surface area contributed by atoms with E-state index in [1.165, 1.54) is 29.2 Å². The van der Waals surface area contributed by atoms with Crippen molar-refractivity contribution in [3.63, 3.8) is 0 Å². The molecule has 0 radical (unpaired) electrons. The second-order valence-electron chi connectivity index (χ2n) is 12.7. The van der Waals surface area contributed by atoms with Gasteiger partial charge in [0.1, 0.15) is 11.5 Å². The normalized spacial score (nSPS) is 15.6. The summed E-state index contributed by atoms with van der Waals surface area (Å²) < 4.78 is 46.3. The lowest BCUT2D eigenvalue weighted by molar-refractivity contribution is -0.137. The lowest BCUT2D eigenvalue weighted by Gasteiger charge is -2.37. The van der Waals surface area contributed by atoms with E-state index >= 15 is 0 Å². The van der Waals surface area contributed by atoms with Crippen LogP contribution in [0.5, 0.6) is 11.5 Å². The van der Waals surface area contributed by atoms with Gasteiger partial charge in [-0.15, -0.1) is 0 Å². The van der Waals surface area contributed by atoms with Crippen molar-refractivity contribution in [3.8, 4) is 11.5 Å². The summed E-state index contributed by atoms with van der Waals surface area (Å²) in [5, 5.41) is 3.32. The van der Waals surface area contributed by atoms with Crippen molar-refractivity contribution < 1.29 is 37.1 Å². The molecule has 9 nitrogen and oxygen atoms in total. The van der Waals surface area contributed by atoms with Crippen LogP contribution in [0.2, 0.25) is 10.0 Å². The van der Waals surface area contributed by atoms with Crippen LogP contribution in [0, 0.1) is 0 Å². The average molecular weight is 766 g/mol. The molecule has 0 spiro atoms. The quantitative estimate of drug-likeness (QED) is 0.141. The van der Waals surface area contributed by atoms with Gasteiger partial charge in [0.15, 0.2) is 0 Å². The van der Waals surface area contributed by atoms with Gasteiger partial charge in [-0.2, -0.15) is 13.2 Å². The number of carbonyl (C=O) groups is 4. The lowest BCUT2D eigenvalue weighted by atomic mass is 9.88.